The molecule has 6 heteroatoms. The zero-order valence-corrected chi connectivity index (χ0v) is 13.6. The summed E-state index contributed by atoms with van der Waals surface area (Å²) in [5.41, 5.74) is 2.23. The summed E-state index contributed by atoms with van der Waals surface area (Å²) in [7, 11) is 0. The second kappa shape index (κ2) is 6.09. The molecule has 1 unspecified atom stereocenters. The third-order valence-electron chi connectivity index (χ3n) is 1.80. The van der Waals surface area contributed by atoms with E-state index in [1.807, 2.05) is 6.07 Å². The van der Waals surface area contributed by atoms with Crippen LogP contribution in [0.15, 0.2) is 10.5 Å². The number of anilines is 1. The molecule has 1 nitrogen and oxygen atoms in total. The normalized spacial score (nSPS) is 11.2. The summed E-state index contributed by atoms with van der Waals surface area (Å²) in [4.78, 5) is 0. The van der Waals surface area contributed by atoms with Gasteiger partial charge in [-0.2, -0.15) is 0 Å². The highest BCUT2D eigenvalue weighted by atomic mass is 127. The van der Waals surface area contributed by atoms with Crippen LogP contribution in [0.3, 0.4) is 0 Å². The maximum atomic E-state index is 6.03. The minimum atomic E-state index is 0.577. The maximum absolute atomic E-state index is 6.03. The molecule has 0 radical (unpaired) electrons. The first-order chi connectivity index (χ1) is 6.61. The van der Waals surface area contributed by atoms with Crippen molar-refractivity contribution in [3.05, 3.63) is 26.1 Å². The molecule has 0 saturated carbocycles. The van der Waals surface area contributed by atoms with E-state index in [2.05, 4.69) is 50.0 Å². The van der Waals surface area contributed by atoms with Gasteiger partial charge in [0.05, 0.1) is 10.0 Å². The number of hydrogen-bond acceptors (Lipinski definition) is 1. The molecule has 0 amide bonds. The van der Waals surface area contributed by atoms with E-state index >= 15 is 0 Å². The van der Waals surface area contributed by atoms with Crippen LogP contribution in [0.1, 0.15) is 12.5 Å². The van der Waals surface area contributed by atoms with E-state index < -0.39 is 0 Å². The molecule has 0 heterocycles. The standard InChI is InChI=1S/C8H8BrCl2INP/c1-2-4-6(13-14-12)3-5(10)8(11)7(4)9/h3,13-14H,2H2,1H3. The van der Waals surface area contributed by atoms with Gasteiger partial charge in [0, 0.05) is 16.5 Å². The largest absolute Gasteiger partial charge is 0.358 e. The van der Waals surface area contributed by atoms with Crippen LogP contribution < -0.4 is 5.09 Å². The quantitative estimate of drug-likeness (QED) is 0.373. The zero-order valence-electron chi connectivity index (χ0n) is 7.30. The summed E-state index contributed by atoms with van der Waals surface area (Å²) in [5.74, 6) is 0. The lowest BCUT2D eigenvalue weighted by Gasteiger charge is -2.13. The Hall–Kier alpha value is 1.24. The lowest BCUT2D eigenvalue weighted by atomic mass is 10.1. The summed E-state index contributed by atoms with van der Waals surface area (Å²) in [6.07, 6.45) is 1.54. The van der Waals surface area contributed by atoms with Gasteiger partial charge >= 0.3 is 0 Å². The first kappa shape index (κ1) is 13.3. The Kier molecular flexibility index (Phi) is 5.79. The molecule has 1 rings (SSSR count). The third-order valence-corrected chi connectivity index (χ3v) is 4.86. The predicted octanol–water partition coefficient (Wildman–Crippen LogP) is 5.67. The number of benzene rings is 1. The summed E-state index contributed by atoms with van der Waals surface area (Å²) in [6, 6.07) is 1.87. The zero-order chi connectivity index (χ0) is 10.7. The molecule has 1 N–H and O–H groups in total. The summed E-state index contributed by atoms with van der Waals surface area (Å²) >= 11 is 17.7. The molecule has 0 aliphatic heterocycles. The van der Waals surface area contributed by atoms with E-state index in [1.165, 1.54) is 5.56 Å². The molecule has 0 aliphatic rings. The van der Waals surface area contributed by atoms with E-state index in [4.69, 9.17) is 23.2 Å². The first-order valence-corrected chi connectivity index (χ1v) is 9.56. The smallest absolute Gasteiger partial charge is 0.0738 e. The molecule has 14 heavy (non-hydrogen) atoms. The van der Waals surface area contributed by atoms with Crippen LogP contribution in [0.2, 0.25) is 10.0 Å². The SMILES string of the molecule is CCc1c(NPI)cc(Cl)c(Cl)c1Br. The molecule has 1 aromatic carbocycles. The van der Waals surface area contributed by atoms with Crippen molar-refractivity contribution in [2.24, 2.45) is 0 Å². The van der Waals surface area contributed by atoms with E-state index in [-0.39, 0.29) is 0 Å². The fourth-order valence-corrected chi connectivity index (χ4v) is 3.53. The van der Waals surface area contributed by atoms with Crippen molar-refractivity contribution in [1.29, 1.82) is 0 Å². The van der Waals surface area contributed by atoms with Gasteiger partial charge in [0.15, 0.2) is 0 Å². The average molecular weight is 427 g/mol. The van der Waals surface area contributed by atoms with E-state index in [0.29, 0.717) is 16.4 Å². The van der Waals surface area contributed by atoms with Gasteiger partial charge in [0.2, 0.25) is 0 Å². The van der Waals surface area contributed by atoms with Crippen LogP contribution in [0, 0.1) is 0 Å². The van der Waals surface area contributed by atoms with Gasteiger partial charge in [-0.3, -0.25) is 0 Å². The van der Waals surface area contributed by atoms with Gasteiger partial charge in [-0.05, 0) is 56.0 Å². The molecule has 0 spiro atoms. The van der Waals surface area contributed by atoms with Gasteiger partial charge in [0.25, 0.3) is 0 Å². The molecule has 1 atom stereocenters. The van der Waals surface area contributed by atoms with Gasteiger partial charge in [-0.25, -0.2) is 0 Å². The highest BCUT2D eigenvalue weighted by Gasteiger charge is 2.12. The van der Waals surface area contributed by atoms with E-state index in [9.17, 15) is 0 Å². The molecular formula is C8H8BrCl2INP. The Balaban J connectivity index is 3.28. The second-order valence-corrected chi connectivity index (χ2v) is 6.22. The second-order valence-electron chi connectivity index (χ2n) is 2.59. The minimum Gasteiger partial charge on any atom is -0.358 e. The fourth-order valence-electron chi connectivity index (χ4n) is 1.14. The van der Waals surface area contributed by atoms with E-state index in [1.54, 1.807) is 0 Å². The molecule has 78 valence electrons. The van der Waals surface area contributed by atoms with Crippen LogP contribution in [0.25, 0.3) is 0 Å². The molecule has 0 saturated heterocycles. The van der Waals surface area contributed by atoms with Crippen molar-refractivity contribution in [3.8, 4) is 0 Å². The predicted molar refractivity (Wildman–Crippen MR) is 79.5 cm³/mol. The van der Waals surface area contributed by atoms with Crippen molar-refractivity contribution < 1.29 is 0 Å². The Bertz CT molecular complexity index is 349. The Morgan fingerprint density at radius 3 is 2.71 bits per heavy atom. The van der Waals surface area contributed by atoms with Crippen molar-refractivity contribution in [1.82, 2.24) is 0 Å². The van der Waals surface area contributed by atoms with Crippen molar-refractivity contribution in [3.63, 3.8) is 0 Å². The Labute approximate surface area is 117 Å². The van der Waals surface area contributed by atoms with Gasteiger partial charge in [0.1, 0.15) is 0 Å². The Morgan fingerprint density at radius 2 is 2.21 bits per heavy atom. The summed E-state index contributed by atoms with van der Waals surface area (Å²) in [5, 5.41) is 4.44. The fraction of sp³-hybridized carbons (Fsp3) is 0.250. The van der Waals surface area contributed by atoms with Gasteiger partial charge in [-0.1, -0.05) is 30.1 Å². The summed E-state index contributed by atoms with van der Waals surface area (Å²) < 4.78 is 0.895. The lowest BCUT2D eigenvalue weighted by Crippen LogP contribution is -1.93. The van der Waals surface area contributed by atoms with Gasteiger partial charge in [-0.15, -0.1) is 0 Å². The Morgan fingerprint density at radius 1 is 1.57 bits per heavy atom. The summed E-state index contributed by atoms with van der Waals surface area (Å²) in [6.45, 7) is 2.09. The molecule has 0 aliphatic carbocycles. The van der Waals surface area contributed by atoms with Crippen LogP contribution >= 0.6 is 67.5 Å². The van der Waals surface area contributed by atoms with Gasteiger partial charge < -0.3 is 5.09 Å². The molecule has 1 aromatic rings. The third kappa shape index (κ3) is 2.88. The van der Waals surface area contributed by atoms with Crippen LogP contribution in [-0.2, 0) is 6.42 Å². The first-order valence-electron chi connectivity index (χ1n) is 3.89. The van der Waals surface area contributed by atoms with Crippen LogP contribution in [0.4, 0.5) is 5.69 Å². The minimum absolute atomic E-state index is 0.577. The number of hydrogen-bond donors (Lipinski definition) is 1. The van der Waals surface area contributed by atoms with Crippen LogP contribution in [0.5, 0.6) is 0 Å². The monoisotopic (exact) mass is 425 g/mol. The highest BCUT2D eigenvalue weighted by molar-refractivity contribution is 14.2. The van der Waals surface area contributed by atoms with Crippen molar-refractivity contribution in [2.75, 3.05) is 5.09 Å². The van der Waals surface area contributed by atoms with Crippen LogP contribution in [-0.4, -0.2) is 0 Å². The lowest BCUT2D eigenvalue weighted by molar-refractivity contribution is 1.13. The number of rotatable bonds is 3. The maximum Gasteiger partial charge on any atom is 0.0738 e. The van der Waals surface area contributed by atoms with Crippen molar-refractivity contribution >= 4 is 73.2 Å². The van der Waals surface area contributed by atoms with Crippen molar-refractivity contribution in [2.45, 2.75) is 13.3 Å². The molecule has 0 fully saturated rings. The molecule has 0 aromatic heterocycles. The number of halogens is 4. The average Bonchev–Trinajstić information content (AvgIpc) is 2.16. The van der Waals surface area contributed by atoms with E-state index in [0.717, 1.165) is 16.6 Å². The highest BCUT2D eigenvalue weighted by Crippen LogP contribution is 2.40. The molecule has 0 bridgehead atoms. The topological polar surface area (TPSA) is 12.0 Å². The molecular weight excluding hydrogens is 419 g/mol. The number of nitrogens with one attached hydrogen (secondary N) is 1.